The van der Waals surface area contributed by atoms with Gasteiger partial charge in [-0.3, -0.25) is 0 Å². The summed E-state index contributed by atoms with van der Waals surface area (Å²) >= 11 is 0. The van der Waals surface area contributed by atoms with Crippen LogP contribution in [0.15, 0.2) is 24.5 Å². The predicted octanol–water partition coefficient (Wildman–Crippen LogP) is 1.17. The minimum Gasteiger partial charge on any atom is -0.465 e. The third-order valence-corrected chi connectivity index (χ3v) is 3.84. The molecule has 1 fully saturated rings. The molecule has 0 aliphatic carbocycles. The second-order valence-corrected chi connectivity index (χ2v) is 5.21. The Morgan fingerprint density at radius 2 is 1.95 bits per heavy atom. The molecule has 6 nitrogen and oxygen atoms in total. The van der Waals surface area contributed by atoms with Crippen LogP contribution in [-0.2, 0) is 4.74 Å². The number of rotatable bonds is 2. The number of hydrogen-bond acceptors (Lipinski definition) is 6. The number of benzene rings is 1. The Bertz CT molecular complexity index is 666. The molecule has 2 aromatic rings. The second-order valence-electron chi connectivity index (χ2n) is 5.21. The number of likely N-dealkylation sites (N-methyl/N-ethyl adjacent to an activating group) is 1. The zero-order chi connectivity index (χ0) is 14.8. The highest BCUT2D eigenvalue weighted by molar-refractivity contribution is 5.97. The predicted molar refractivity (Wildman–Crippen MR) is 80.6 cm³/mol. The van der Waals surface area contributed by atoms with Crippen LogP contribution in [0.5, 0.6) is 0 Å². The fourth-order valence-electron chi connectivity index (χ4n) is 2.56. The lowest BCUT2D eigenvalue weighted by Gasteiger charge is -2.33. The summed E-state index contributed by atoms with van der Waals surface area (Å²) in [4.78, 5) is 24.9. The van der Waals surface area contributed by atoms with E-state index in [4.69, 9.17) is 4.74 Å². The van der Waals surface area contributed by atoms with Gasteiger partial charge >= 0.3 is 5.97 Å². The molecule has 0 amide bonds. The number of methoxy groups -OCH3 is 1. The normalized spacial score (nSPS) is 16.2. The van der Waals surface area contributed by atoms with Crippen molar-refractivity contribution >= 4 is 22.7 Å². The van der Waals surface area contributed by atoms with E-state index in [-0.39, 0.29) is 5.97 Å². The van der Waals surface area contributed by atoms with Gasteiger partial charge in [0.1, 0.15) is 12.1 Å². The van der Waals surface area contributed by atoms with Crippen molar-refractivity contribution in [3.05, 3.63) is 30.1 Å². The van der Waals surface area contributed by atoms with Crippen molar-refractivity contribution in [1.82, 2.24) is 14.9 Å². The van der Waals surface area contributed by atoms with Crippen molar-refractivity contribution in [3.63, 3.8) is 0 Å². The van der Waals surface area contributed by atoms with E-state index in [0.717, 1.165) is 42.9 Å². The molecule has 0 atom stereocenters. The standard InChI is InChI=1S/C15H18N4O2/c1-18-5-7-19(8-6-18)14-12-4-3-11(15(20)21-2)9-13(12)16-10-17-14/h3-4,9-10H,5-8H2,1-2H3. The number of ether oxygens (including phenoxy) is 1. The van der Waals surface area contributed by atoms with Gasteiger partial charge in [0.05, 0.1) is 18.2 Å². The zero-order valence-corrected chi connectivity index (χ0v) is 12.2. The van der Waals surface area contributed by atoms with Crippen molar-refractivity contribution in [2.24, 2.45) is 0 Å². The fourth-order valence-corrected chi connectivity index (χ4v) is 2.56. The summed E-state index contributed by atoms with van der Waals surface area (Å²) in [5.74, 6) is 0.584. The van der Waals surface area contributed by atoms with Crippen molar-refractivity contribution in [1.29, 1.82) is 0 Å². The van der Waals surface area contributed by atoms with Crippen molar-refractivity contribution < 1.29 is 9.53 Å². The highest BCUT2D eigenvalue weighted by Crippen LogP contribution is 2.24. The van der Waals surface area contributed by atoms with Crippen molar-refractivity contribution in [2.45, 2.75) is 0 Å². The van der Waals surface area contributed by atoms with Crippen LogP contribution in [0.4, 0.5) is 5.82 Å². The molecule has 1 saturated heterocycles. The molecular formula is C15H18N4O2. The second kappa shape index (κ2) is 5.65. The summed E-state index contributed by atoms with van der Waals surface area (Å²) in [7, 11) is 3.50. The van der Waals surface area contributed by atoms with Gasteiger partial charge in [-0.1, -0.05) is 0 Å². The third kappa shape index (κ3) is 2.67. The number of carbonyl (C=O) groups excluding carboxylic acids is 1. The van der Waals surface area contributed by atoms with Crippen LogP contribution in [-0.4, -0.2) is 61.2 Å². The lowest BCUT2D eigenvalue weighted by Crippen LogP contribution is -2.44. The minimum atomic E-state index is -0.350. The first kappa shape index (κ1) is 13.8. The summed E-state index contributed by atoms with van der Waals surface area (Å²) < 4.78 is 4.75. The molecule has 0 N–H and O–H groups in total. The summed E-state index contributed by atoms with van der Waals surface area (Å²) in [6.07, 6.45) is 1.55. The van der Waals surface area contributed by atoms with Gasteiger partial charge in [-0.25, -0.2) is 14.8 Å². The molecule has 1 aromatic heterocycles. The molecule has 21 heavy (non-hydrogen) atoms. The highest BCUT2D eigenvalue weighted by Gasteiger charge is 2.18. The van der Waals surface area contributed by atoms with Gasteiger partial charge in [0, 0.05) is 31.6 Å². The number of nitrogens with zero attached hydrogens (tertiary/aromatic N) is 4. The maximum Gasteiger partial charge on any atom is 0.337 e. The van der Waals surface area contributed by atoms with E-state index in [1.807, 2.05) is 6.07 Å². The fraction of sp³-hybridized carbons (Fsp3) is 0.400. The lowest BCUT2D eigenvalue weighted by atomic mass is 10.1. The number of fused-ring (bicyclic) bond motifs is 1. The van der Waals surface area contributed by atoms with Gasteiger partial charge in [0.2, 0.25) is 0 Å². The number of anilines is 1. The zero-order valence-electron chi connectivity index (χ0n) is 12.2. The van der Waals surface area contributed by atoms with E-state index in [1.54, 1.807) is 18.5 Å². The van der Waals surface area contributed by atoms with Crippen LogP contribution in [0.3, 0.4) is 0 Å². The quantitative estimate of drug-likeness (QED) is 0.772. The average Bonchev–Trinajstić information content (AvgIpc) is 2.54. The molecule has 0 bridgehead atoms. The maximum absolute atomic E-state index is 11.6. The molecule has 1 aliphatic rings. The molecule has 3 rings (SSSR count). The Balaban J connectivity index is 1.98. The van der Waals surface area contributed by atoms with E-state index in [1.165, 1.54) is 7.11 Å². The van der Waals surface area contributed by atoms with Gasteiger partial charge in [-0.2, -0.15) is 0 Å². The van der Waals surface area contributed by atoms with E-state index in [2.05, 4.69) is 26.8 Å². The monoisotopic (exact) mass is 286 g/mol. The minimum absolute atomic E-state index is 0.350. The van der Waals surface area contributed by atoms with Gasteiger partial charge < -0.3 is 14.5 Å². The Hall–Kier alpha value is -2.21. The van der Waals surface area contributed by atoms with Gasteiger partial charge in [0.15, 0.2) is 0 Å². The summed E-state index contributed by atoms with van der Waals surface area (Å²) in [6, 6.07) is 5.41. The Morgan fingerprint density at radius 3 is 2.67 bits per heavy atom. The number of hydrogen-bond donors (Lipinski definition) is 0. The highest BCUT2D eigenvalue weighted by atomic mass is 16.5. The molecule has 0 spiro atoms. The lowest BCUT2D eigenvalue weighted by molar-refractivity contribution is 0.0601. The third-order valence-electron chi connectivity index (χ3n) is 3.84. The molecule has 0 saturated carbocycles. The maximum atomic E-state index is 11.6. The number of piperazine rings is 1. The van der Waals surface area contributed by atoms with Crippen LogP contribution in [0.25, 0.3) is 10.9 Å². The van der Waals surface area contributed by atoms with Crippen LogP contribution >= 0.6 is 0 Å². The SMILES string of the molecule is COC(=O)c1ccc2c(N3CCN(C)CC3)ncnc2c1. The summed E-state index contributed by atoms with van der Waals surface area (Å²) in [6.45, 7) is 3.93. The molecule has 1 aliphatic heterocycles. The van der Waals surface area contributed by atoms with Gasteiger partial charge in [-0.05, 0) is 25.2 Å². The number of esters is 1. The summed E-state index contributed by atoms with van der Waals surface area (Å²) in [5, 5.41) is 0.967. The van der Waals surface area contributed by atoms with Crippen molar-refractivity contribution in [2.75, 3.05) is 45.2 Å². The number of carbonyl (C=O) groups is 1. The Morgan fingerprint density at radius 1 is 1.19 bits per heavy atom. The smallest absolute Gasteiger partial charge is 0.337 e. The summed E-state index contributed by atoms with van der Waals surface area (Å²) in [5.41, 5.74) is 1.27. The Labute approximate surface area is 123 Å². The van der Waals surface area contributed by atoms with E-state index in [0.29, 0.717) is 5.56 Å². The van der Waals surface area contributed by atoms with E-state index < -0.39 is 0 Å². The van der Waals surface area contributed by atoms with Gasteiger partial charge in [-0.15, -0.1) is 0 Å². The van der Waals surface area contributed by atoms with Crippen LogP contribution < -0.4 is 4.90 Å². The van der Waals surface area contributed by atoms with Gasteiger partial charge in [0.25, 0.3) is 0 Å². The molecule has 0 radical (unpaired) electrons. The first-order valence-electron chi connectivity index (χ1n) is 6.95. The topological polar surface area (TPSA) is 58.6 Å². The molecule has 2 heterocycles. The molecule has 6 heteroatoms. The first-order valence-corrected chi connectivity index (χ1v) is 6.95. The van der Waals surface area contributed by atoms with Crippen LogP contribution in [0.1, 0.15) is 10.4 Å². The average molecular weight is 286 g/mol. The molecular weight excluding hydrogens is 268 g/mol. The number of aromatic nitrogens is 2. The van der Waals surface area contributed by atoms with E-state index in [9.17, 15) is 4.79 Å². The first-order chi connectivity index (χ1) is 10.2. The molecule has 110 valence electrons. The van der Waals surface area contributed by atoms with Crippen molar-refractivity contribution in [3.8, 4) is 0 Å². The Kier molecular flexibility index (Phi) is 3.70. The van der Waals surface area contributed by atoms with Crippen LogP contribution in [0.2, 0.25) is 0 Å². The van der Waals surface area contributed by atoms with E-state index >= 15 is 0 Å². The molecule has 0 unspecified atom stereocenters. The molecule has 1 aromatic carbocycles. The van der Waals surface area contributed by atoms with Crippen LogP contribution in [0, 0.1) is 0 Å². The largest absolute Gasteiger partial charge is 0.465 e.